The Labute approximate surface area is 189 Å². The number of carbonyl (C=O) groups excluding carboxylic acids is 1. The maximum atomic E-state index is 15.0. The minimum absolute atomic E-state index is 0. The third kappa shape index (κ3) is 5.19. The van der Waals surface area contributed by atoms with Gasteiger partial charge in [0.1, 0.15) is 11.4 Å². The molecular formula is C23H36FNO2SiZn. The van der Waals surface area contributed by atoms with Gasteiger partial charge in [0.2, 0.25) is 0 Å². The third-order valence-corrected chi connectivity index (χ3v) is 12.6. The number of hydrogen-bond donors (Lipinski definition) is 0. The van der Waals surface area contributed by atoms with Crippen molar-refractivity contribution in [3.05, 3.63) is 35.8 Å². The van der Waals surface area contributed by atoms with Crippen LogP contribution in [0.15, 0.2) is 24.4 Å². The first-order chi connectivity index (χ1) is 12.8. The molecule has 0 bridgehead atoms. The van der Waals surface area contributed by atoms with Crippen LogP contribution in [0.1, 0.15) is 67.9 Å². The monoisotopic (exact) mass is 469 g/mol. The molecule has 0 saturated heterocycles. The van der Waals surface area contributed by atoms with Crippen LogP contribution in [0.5, 0.6) is 0 Å². The van der Waals surface area contributed by atoms with E-state index in [1.165, 1.54) is 0 Å². The molecule has 2 rings (SSSR count). The van der Waals surface area contributed by atoms with Crippen molar-refractivity contribution >= 4 is 25.1 Å². The second-order valence-corrected chi connectivity index (χ2v) is 15.5. The Kier molecular flexibility index (Phi) is 8.46. The zero-order valence-electron chi connectivity index (χ0n) is 19.6. The van der Waals surface area contributed by atoms with E-state index in [1.807, 2.05) is 26.8 Å². The molecule has 0 atom stereocenters. The summed E-state index contributed by atoms with van der Waals surface area (Å²) in [6, 6.07) is 5.48. The van der Waals surface area contributed by atoms with Crippen LogP contribution in [0.4, 0.5) is 4.39 Å². The average molecular weight is 471 g/mol. The molecule has 2 aromatic rings. The van der Waals surface area contributed by atoms with E-state index in [2.05, 4.69) is 58.0 Å². The first kappa shape index (κ1) is 26.0. The van der Waals surface area contributed by atoms with Gasteiger partial charge in [-0.3, -0.25) is 4.79 Å². The van der Waals surface area contributed by atoms with E-state index in [4.69, 9.17) is 4.74 Å². The van der Waals surface area contributed by atoms with Gasteiger partial charge >= 0.3 is 5.97 Å². The molecule has 0 fully saturated rings. The molecule has 0 unspecified atom stereocenters. The number of esters is 1. The second-order valence-electron chi connectivity index (χ2n) is 9.80. The van der Waals surface area contributed by atoms with Crippen molar-refractivity contribution < 1.29 is 33.4 Å². The summed E-state index contributed by atoms with van der Waals surface area (Å²) in [5, 5.41) is 0.985. The van der Waals surface area contributed by atoms with E-state index in [0.717, 1.165) is 10.9 Å². The third-order valence-electron chi connectivity index (χ3n) is 5.81. The molecule has 0 N–H and O–H groups in total. The summed E-state index contributed by atoms with van der Waals surface area (Å²) in [7, 11) is -1.96. The van der Waals surface area contributed by atoms with Gasteiger partial charge in [-0.2, -0.15) is 0 Å². The summed E-state index contributed by atoms with van der Waals surface area (Å²) < 4.78 is 22.7. The number of rotatable bonds is 6. The van der Waals surface area contributed by atoms with Gasteiger partial charge in [0.05, 0.1) is 6.42 Å². The molecule has 1 heterocycles. The Hall–Kier alpha value is -1.000. The Balaban J connectivity index is 0.00000420. The Bertz CT molecular complexity index is 831. The van der Waals surface area contributed by atoms with E-state index in [1.54, 1.807) is 6.07 Å². The molecule has 0 saturated carbocycles. The standard InChI is InChI=1S/C23H36FNO2Si.Zn/c1-15(2)28(16(3)4,17(5)6)25-11-10-18-12-19(20(24)14-21(18)25)13-22(26)27-23(7,8)9;/h10-12,14-17H,13H2,1-9H3;. The van der Waals surface area contributed by atoms with E-state index >= 15 is 0 Å². The fraction of sp³-hybridized carbons (Fsp3) is 0.609. The number of aromatic nitrogens is 1. The van der Waals surface area contributed by atoms with Gasteiger partial charge < -0.3 is 8.97 Å². The second kappa shape index (κ2) is 9.43. The van der Waals surface area contributed by atoms with Crippen LogP contribution in [0.3, 0.4) is 0 Å². The molecule has 0 aliphatic carbocycles. The Morgan fingerprint density at radius 2 is 1.59 bits per heavy atom. The number of ether oxygens (including phenoxy) is 1. The topological polar surface area (TPSA) is 31.2 Å². The summed E-state index contributed by atoms with van der Waals surface area (Å²) in [6.45, 7) is 19.2. The summed E-state index contributed by atoms with van der Waals surface area (Å²) in [6.07, 6.45) is 2.08. The SMILES string of the molecule is CC(C)[Si](C(C)C)(C(C)C)n1ccc2cc(CC(=O)OC(C)(C)C)c(F)cc21.[Zn]. The summed E-state index contributed by atoms with van der Waals surface area (Å²) >= 11 is 0. The number of nitrogens with zero attached hydrogens (tertiary/aromatic N) is 1. The largest absolute Gasteiger partial charge is 0.460 e. The molecule has 158 valence electrons. The van der Waals surface area contributed by atoms with Gasteiger partial charge in [-0.1, -0.05) is 41.5 Å². The molecule has 0 amide bonds. The van der Waals surface area contributed by atoms with Crippen molar-refractivity contribution in [2.75, 3.05) is 0 Å². The number of hydrogen-bond acceptors (Lipinski definition) is 2. The zero-order chi connectivity index (χ0) is 21.4. The molecule has 0 spiro atoms. The number of benzene rings is 1. The molecule has 0 aliphatic heterocycles. The van der Waals surface area contributed by atoms with Gasteiger partial charge in [-0.15, -0.1) is 0 Å². The first-order valence-corrected chi connectivity index (χ1v) is 12.5. The molecular weight excluding hydrogens is 435 g/mol. The quantitative estimate of drug-likeness (QED) is 0.348. The van der Waals surface area contributed by atoms with Crippen molar-refractivity contribution in [1.82, 2.24) is 4.23 Å². The van der Waals surface area contributed by atoms with Crippen molar-refractivity contribution in [3.8, 4) is 0 Å². The number of fused-ring (bicyclic) bond motifs is 1. The maximum Gasteiger partial charge on any atom is 0.310 e. The first-order valence-electron chi connectivity index (χ1n) is 10.3. The van der Waals surface area contributed by atoms with Crippen LogP contribution in [0.2, 0.25) is 16.6 Å². The fourth-order valence-electron chi connectivity index (χ4n) is 5.04. The molecule has 3 nitrogen and oxygen atoms in total. The summed E-state index contributed by atoms with van der Waals surface area (Å²) in [5.74, 6) is -0.738. The van der Waals surface area contributed by atoms with E-state index in [0.29, 0.717) is 22.2 Å². The number of carbonyl (C=O) groups is 1. The summed E-state index contributed by atoms with van der Waals surface area (Å²) in [5.41, 5.74) is 2.32. The van der Waals surface area contributed by atoms with Crippen molar-refractivity contribution in [1.29, 1.82) is 0 Å². The van der Waals surface area contributed by atoms with Gasteiger partial charge in [0.25, 0.3) is 0 Å². The minimum atomic E-state index is -1.96. The van der Waals surface area contributed by atoms with Crippen molar-refractivity contribution in [2.45, 2.75) is 91.0 Å². The van der Waals surface area contributed by atoms with Crippen LogP contribution in [0.25, 0.3) is 10.9 Å². The van der Waals surface area contributed by atoms with E-state index in [-0.39, 0.29) is 31.7 Å². The molecule has 29 heavy (non-hydrogen) atoms. The molecule has 0 aliphatic rings. The predicted molar refractivity (Wildman–Crippen MR) is 118 cm³/mol. The Morgan fingerprint density at radius 1 is 1.07 bits per heavy atom. The Morgan fingerprint density at radius 3 is 2.03 bits per heavy atom. The van der Waals surface area contributed by atoms with Crippen molar-refractivity contribution in [2.24, 2.45) is 0 Å². The molecule has 0 radical (unpaired) electrons. The molecule has 1 aromatic carbocycles. The maximum absolute atomic E-state index is 15.0. The van der Waals surface area contributed by atoms with Crippen LogP contribution in [-0.4, -0.2) is 24.0 Å². The fourth-order valence-corrected chi connectivity index (χ4v) is 11.7. The minimum Gasteiger partial charge on any atom is -0.460 e. The normalized spacial score (nSPS) is 12.7. The van der Waals surface area contributed by atoms with Gasteiger partial charge in [-0.25, -0.2) is 4.39 Å². The van der Waals surface area contributed by atoms with Gasteiger partial charge in [-0.05, 0) is 72.7 Å². The van der Waals surface area contributed by atoms with Crippen LogP contribution < -0.4 is 0 Å². The average Bonchev–Trinajstić information content (AvgIpc) is 2.88. The smallest absolute Gasteiger partial charge is 0.310 e. The van der Waals surface area contributed by atoms with Crippen LogP contribution >= 0.6 is 0 Å². The van der Waals surface area contributed by atoms with E-state index in [9.17, 15) is 9.18 Å². The van der Waals surface area contributed by atoms with Crippen LogP contribution in [0, 0.1) is 5.82 Å². The zero-order valence-corrected chi connectivity index (χ0v) is 23.6. The predicted octanol–water partition coefficient (Wildman–Crippen LogP) is 6.69. The summed E-state index contributed by atoms with van der Waals surface area (Å²) in [4.78, 5) is 12.2. The number of halogens is 1. The van der Waals surface area contributed by atoms with Gasteiger partial charge in [0, 0.05) is 25.0 Å². The molecule has 6 heteroatoms. The molecule has 1 aromatic heterocycles. The van der Waals surface area contributed by atoms with Crippen molar-refractivity contribution in [3.63, 3.8) is 0 Å². The van der Waals surface area contributed by atoms with E-state index < -0.39 is 19.8 Å². The van der Waals surface area contributed by atoms with Gasteiger partial charge in [0.15, 0.2) is 8.24 Å². The van der Waals surface area contributed by atoms with Crippen LogP contribution in [-0.2, 0) is 35.4 Å².